The summed E-state index contributed by atoms with van der Waals surface area (Å²) in [4.78, 5) is 18.7. The second-order valence-electron chi connectivity index (χ2n) is 5.16. The highest BCUT2D eigenvalue weighted by Crippen LogP contribution is 2.25. The first-order chi connectivity index (χ1) is 11.1. The van der Waals surface area contributed by atoms with Gasteiger partial charge in [-0.1, -0.05) is 35.5 Å². The summed E-state index contributed by atoms with van der Waals surface area (Å²) in [6.45, 7) is 4.27. The van der Waals surface area contributed by atoms with Gasteiger partial charge in [-0.15, -0.1) is 0 Å². The zero-order chi connectivity index (χ0) is 16.7. The Bertz CT molecular complexity index is 680. The minimum atomic E-state index is -0.273. The van der Waals surface area contributed by atoms with Crippen LogP contribution in [0.3, 0.4) is 0 Å². The molecular weight excluding hydrogens is 306 g/mol. The Morgan fingerprint density at radius 2 is 2.04 bits per heavy atom. The zero-order valence-electron chi connectivity index (χ0n) is 13.3. The summed E-state index contributed by atoms with van der Waals surface area (Å²) in [7, 11) is 0. The summed E-state index contributed by atoms with van der Waals surface area (Å²) in [5.74, 6) is -0.0141. The highest BCUT2D eigenvalue weighted by molar-refractivity contribution is 8.00. The van der Waals surface area contributed by atoms with E-state index < -0.39 is 0 Å². The molecule has 0 radical (unpaired) electrons. The van der Waals surface area contributed by atoms with Crippen molar-refractivity contribution < 1.29 is 4.79 Å². The molecule has 0 aliphatic heterocycles. The number of aryl methyl sites for hydroxylation is 1. The molecule has 0 aliphatic rings. The lowest BCUT2D eigenvalue weighted by Crippen LogP contribution is -2.37. The molecule has 118 valence electrons. The highest BCUT2D eigenvalue weighted by atomic mass is 32.2. The number of rotatable bonds is 6. The van der Waals surface area contributed by atoms with Crippen LogP contribution < -0.4 is 4.90 Å². The van der Waals surface area contributed by atoms with E-state index in [0.29, 0.717) is 13.0 Å². The van der Waals surface area contributed by atoms with Crippen molar-refractivity contribution in [3.05, 3.63) is 54.2 Å². The Balaban J connectivity index is 2.15. The van der Waals surface area contributed by atoms with Gasteiger partial charge in [-0.25, -0.2) is 4.98 Å². The molecule has 0 saturated heterocycles. The number of anilines is 1. The van der Waals surface area contributed by atoms with E-state index in [2.05, 4.69) is 11.1 Å². The first-order valence-electron chi connectivity index (χ1n) is 7.44. The fourth-order valence-corrected chi connectivity index (χ4v) is 2.99. The van der Waals surface area contributed by atoms with Crippen molar-refractivity contribution in [3.8, 4) is 6.07 Å². The number of nitriles is 1. The van der Waals surface area contributed by atoms with E-state index in [-0.39, 0.29) is 11.2 Å². The average Bonchev–Trinajstić information content (AvgIpc) is 2.57. The smallest absolute Gasteiger partial charge is 0.240 e. The molecule has 1 heterocycles. The van der Waals surface area contributed by atoms with Crippen molar-refractivity contribution in [3.63, 3.8) is 0 Å². The predicted octanol–water partition coefficient (Wildman–Crippen LogP) is 3.82. The zero-order valence-corrected chi connectivity index (χ0v) is 14.1. The van der Waals surface area contributed by atoms with Gasteiger partial charge in [0.1, 0.15) is 0 Å². The molecular formula is C18H19N3OS. The van der Waals surface area contributed by atoms with Gasteiger partial charge in [-0.3, -0.25) is 4.79 Å². The van der Waals surface area contributed by atoms with Gasteiger partial charge in [-0.2, -0.15) is 5.26 Å². The molecule has 0 fully saturated rings. The van der Waals surface area contributed by atoms with E-state index in [4.69, 9.17) is 5.26 Å². The van der Waals surface area contributed by atoms with Crippen molar-refractivity contribution in [2.75, 3.05) is 11.4 Å². The predicted molar refractivity (Wildman–Crippen MR) is 93.3 cm³/mol. The molecule has 1 aromatic heterocycles. The number of benzene rings is 1. The molecule has 5 heteroatoms. The molecule has 0 unspecified atom stereocenters. The van der Waals surface area contributed by atoms with E-state index in [1.165, 1.54) is 11.8 Å². The molecule has 0 spiro atoms. The molecule has 4 nitrogen and oxygen atoms in total. The SMILES string of the molecule is Cc1ccc(N(CCC#N)C(=O)[C@H](C)Sc2ccccn2)cc1. The van der Waals surface area contributed by atoms with Crippen molar-refractivity contribution in [2.45, 2.75) is 30.5 Å². The number of pyridine rings is 1. The van der Waals surface area contributed by atoms with E-state index in [1.54, 1.807) is 11.1 Å². The Morgan fingerprint density at radius 3 is 2.65 bits per heavy atom. The summed E-state index contributed by atoms with van der Waals surface area (Å²) >= 11 is 1.43. The minimum absolute atomic E-state index is 0.0141. The van der Waals surface area contributed by atoms with Crippen LogP contribution in [0.5, 0.6) is 0 Å². The molecule has 0 aliphatic carbocycles. The lowest BCUT2D eigenvalue weighted by Gasteiger charge is -2.25. The van der Waals surface area contributed by atoms with Crippen LogP contribution in [-0.2, 0) is 4.79 Å². The Labute approximate surface area is 141 Å². The van der Waals surface area contributed by atoms with Crippen molar-refractivity contribution in [1.29, 1.82) is 5.26 Å². The minimum Gasteiger partial charge on any atom is -0.310 e. The lowest BCUT2D eigenvalue weighted by atomic mass is 10.2. The van der Waals surface area contributed by atoms with Crippen LogP contribution in [0.4, 0.5) is 5.69 Å². The van der Waals surface area contributed by atoms with Crippen LogP contribution in [0.1, 0.15) is 18.9 Å². The van der Waals surface area contributed by atoms with Gasteiger partial charge < -0.3 is 4.90 Å². The molecule has 2 rings (SSSR count). The number of hydrogen-bond donors (Lipinski definition) is 0. The van der Waals surface area contributed by atoms with Crippen LogP contribution in [0.25, 0.3) is 0 Å². The fourth-order valence-electron chi connectivity index (χ4n) is 2.12. The molecule has 1 amide bonds. The maximum Gasteiger partial charge on any atom is 0.240 e. The van der Waals surface area contributed by atoms with Gasteiger partial charge in [-0.05, 0) is 38.1 Å². The van der Waals surface area contributed by atoms with Gasteiger partial charge in [0, 0.05) is 18.4 Å². The molecule has 0 saturated carbocycles. The number of hydrogen-bond acceptors (Lipinski definition) is 4. The molecule has 1 atom stereocenters. The largest absolute Gasteiger partial charge is 0.310 e. The maximum absolute atomic E-state index is 12.8. The van der Waals surface area contributed by atoms with Crippen molar-refractivity contribution >= 4 is 23.4 Å². The molecule has 1 aromatic carbocycles. The third-order valence-electron chi connectivity index (χ3n) is 3.34. The standard InChI is InChI=1S/C18H19N3OS/c1-14-7-9-16(10-8-14)21(13-5-11-19)18(22)15(2)23-17-6-3-4-12-20-17/h3-4,6-10,12,15H,5,13H2,1-2H3/t15-/m0/s1. The number of carbonyl (C=O) groups is 1. The van der Waals surface area contributed by atoms with Crippen LogP contribution in [0.15, 0.2) is 53.7 Å². The molecule has 0 N–H and O–H groups in total. The summed E-state index contributed by atoms with van der Waals surface area (Å²) in [5.41, 5.74) is 1.96. The molecule has 23 heavy (non-hydrogen) atoms. The number of thioether (sulfide) groups is 1. The van der Waals surface area contributed by atoms with Crippen LogP contribution in [-0.4, -0.2) is 22.7 Å². The van der Waals surface area contributed by atoms with Gasteiger partial charge >= 0.3 is 0 Å². The van der Waals surface area contributed by atoms with E-state index >= 15 is 0 Å². The summed E-state index contributed by atoms with van der Waals surface area (Å²) in [6, 6.07) is 15.5. The maximum atomic E-state index is 12.8. The monoisotopic (exact) mass is 325 g/mol. The Kier molecular flexibility index (Phi) is 6.19. The second kappa shape index (κ2) is 8.35. The average molecular weight is 325 g/mol. The van der Waals surface area contributed by atoms with Crippen LogP contribution in [0.2, 0.25) is 0 Å². The van der Waals surface area contributed by atoms with Crippen LogP contribution >= 0.6 is 11.8 Å². The lowest BCUT2D eigenvalue weighted by molar-refractivity contribution is -0.117. The van der Waals surface area contributed by atoms with Gasteiger partial charge in [0.2, 0.25) is 5.91 Å². The Morgan fingerprint density at radius 1 is 1.30 bits per heavy atom. The van der Waals surface area contributed by atoms with Crippen LogP contribution in [0, 0.1) is 18.3 Å². The molecule has 0 bridgehead atoms. The quantitative estimate of drug-likeness (QED) is 0.758. The van der Waals surface area contributed by atoms with E-state index in [0.717, 1.165) is 16.3 Å². The molecule has 2 aromatic rings. The normalized spacial score (nSPS) is 11.5. The Hall–Kier alpha value is -2.32. The van der Waals surface area contributed by atoms with Gasteiger partial charge in [0.15, 0.2) is 0 Å². The first-order valence-corrected chi connectivity index (χ1v) is 8.32. The number of amides is 1. The van der Waals surface area contributed by atoms with Gasteiger partial charge in [0.05, 0.1) is 22.8 Å². The van der Waals surface area contributed by atoms with Crippen molar-refractivity contribution in [1.82, 2.24) is 4.98 Å². The highest BCUT2D eigenvalue weighted by Gasteiger charge is 2.23. The van der Waals surface area contributed by atoms with E-state index in [9.17, 15) is 4.79 Å². The summed E-state index contributed by atoms with van der Waals surface area (Å²) < 4.78 is 0. The number of aromatic nitrogens is 1. The third kappa shape index (κ3) is 4.83. The topological polar surface area (TPSA) is 57.0 Å². The van der Waals surface area contributed by atoms with Crippen molar-refractivity contribution in [2.24, 2.45) is 0 Å². The first kappa shape index (κ1) is 17.0. The summed E-state index contributed by atoms with van der Waals surface area (Å²) in [5, 5.41) is 9.40. The van der Waals surface area contributed by atoms with Gasteiger partial charge in [0.25, 0.3) is 0 Å². The van der Waals surface area contributed by atoms with E-state index in [1.807, 2.05) is 56.3 Å². The fraction of sp³-hybridized carbons (Fsp3) is 0.278. The number of carbonyl (C=O) groups excluding carboxylic acids is 1. The number of nitrogens with zero attached hydrogens (tertiary/aromatic N) is 3. The summed E-state index contributed by atoms with van der Waals surface area (Å²) in [6.07, 6.45) is 2.02. The second-order valence-corrected chi connectivity index (χ2v) is 6.52. The third-order valence-corrected chi connectivity index (χ3v) is 4.38.